The number of ether oxygens (including phenoxy) is 1. The van der Waals surface area contributed by atoms with Crippen LogP contribution >= 0.6 is 0 Å². The highest BCUT2D eigenvalue weighted by Crippen LogP contribution is 2.21. The van der Waals surface area contributed by atoms with Crippen molar-refractivity contribution in [3.05, 3.63) is 108 Å². The van der Waals surface area contributed by atoms with Crippen LogP contribution in [0.3, 0.4) is 0 Å². The van der Waals surface area contributed by atoms with Crippen LogP contribution < -0.4 is 15.5 Å². The van der Waals surface area contributed by atoms with Gasteiger partial charge in [-0.25, -0.2) is 10.2 Å². The van der Waals surface area contributed by atoms with E-state index in [0.717, 1.165) is 22.8 Å². The first-order valence-corrected chi connectivity index (χ1v) is 11.1. The van der Waals surface area contributed by atoms with E-state index in [-0.39, 0.29) is 0 Å². The second kappa shape index (κ2) is 10.9. The maximum atomic E-state index is 12.7. The summed E-state index contributed by atoms with van der Waals surface area (Å²) in [5, 5.41) is 8.11. The Hall–Kier alpha value is -4.78. The van der Waals surface area contributed by atoms with Crippen molar-refractivity contribution in [1.82, 2.24) is 5.43 Å². The van der Waals surface area contributed by atoms with Crippen LogP contribution in [-0.4, -0.2) is 24.0 Å². The fourth-order valence-electron chi connectivity index (χ4n) is 3.42. The zero-order chi connectivity index (χ0) is 24.6. The smallest absolute Gasteiger partial charge is 0.344 e. The number of hydrogen-bond acceptors (Lipinski definition) is 5. The van der Waals surface area contributed by atoms with E-state index in [0.29, 0.717) is 22.6 Å². The largest absolute Gasteiger partial charge is 0.423 e. The van der Waals surface area contributed by atoms with Gasteiger partial charge in [-0.2, -0.15) is 5.10 Å². The molecule has 0 radical (unpaired) electrons. The van der Waals surface area contributed by atoms with Crippen LogP contribution in [0.25, 0.3) is 10.8 Å². The Morgan fingerprint density at radius 2 is 1.54 bits per heavy atom. The Balaban J connectivity index is 1.31. The number of amides is 2. The third kappa shape index (κ3) is 5.97. The minimum atomic E-state index is -0.888. The number of nitrogens with one attached hydrogen (secondary N) is 2. The summed E-state index contributed by atoms with van der Waals surface area (Å²) in [6.45, 7) is 2.03. The number of benzene rings is 4. The summed E-state index contributed by atoms with van der Waals surface area (Å²) in [5.74, 6) is -1.79. The lowest BCUT2D eigenvalue weighted by Crippen LogP contribution is -2.32. The molecule has 35 heavy (non-hydrogen) atoms. The van der Waals surface area contributed by atoms with Gasteiger partial charge in [-0.3, -0.25) is 9.59 Å². The lowest BCUT2D eigenvalue weighted by Gasteiger charge is -2.07. The molecule has 2 N–H and O–H groups in total. The van der Waals surface area contributed by atoms with Gasteiger partial charge in [0.25, 0.3) is 0 Å². The maximum absolute atomic E-state index is 12.7. The van der Waals surface area contributed by atoms with Crippen LogP contribution in [0.2, 0.25) is 0 Å². The van der Waals surface area contributed by atoms with E-state index < -0.39 is 17.8 Å². The third-order valence-electron chi connectivity index (χ3n) is 5.31. The molecule has 7 nitrogen and oxygen atoms in total. The lowest BCUT2D eigenvalue weighted by molar-refractivity contribution is -0.136. The number of fused-ring (bicyclic) bond motifs is 1. The molecule has 4 aromatic carbocycles. The van der Waals surface area contributed by atoms with Crippen molar-refractivity contribution in [2.75, 3.05) is 5.32 Å². The van der Waals surface area contributed by atoms with Crippen molar-refractivity contribution in [1.29, 1.82) is 0 Å². The Labute approximate surface area is 202 Å². The van der Waals surface area contributed by atoms with Crippen molar-refractivity contribution in [2.24, 2.45) is 5.10 Å². The summed E-state index contributed by atoms with van der Waals surface area (Å²) in [7, 11) is 0. The average Bonchev–Trinajstić information content (AvgIpc) is 2.89. The molecule has 0 spiro atoms. The van der Waals surface area contributed by atoms with Gasteiger partial charge in [0.15, 0.2) is 0 Å². The first-order chi connectivity index (χ1) is 17.0. The van der Waals surface area contributed by atoms with E-state index in [1.165, 1.54) is 6.21 Å². The first-order valence-electron chi connectivity index (χ1n) is 11.1. The monoisotopic (exact) mass is 465 g/mol. The maximum Gasteiger partial charge on any atom is 0.344 e. The van der Waals surface area contributed by atoms with Gasteiger partial charge < -0.3 is 10.1 Å². The van der Waals surface area contributed by atoms with Gasteiger partial charge in [-0.1, -0.05) is 55.5 Å². The highest BCUT2D eigenvalue weighted by atomic mass is 16.5. The molecule has 7 heteroatoms. The number of carbonyl (C=O) groups excluding carboxylic acids is 3. The van der Waals surface area contributed by atoms with Crippen LogP contribution in [0.4, 0.5) is 5.69 Å². The van der Waals surface area contributed by atoms with Crippen molar-refractivity contribution >= 4 is 40.5 Å². The van der Waals surface area contributed by atoms with Crippen molar-refractivity contribution < 1.29 is 19.1 Å². The predicted molar refractivity (Wildman–Crippen MR) is 136 cm³/mol. The Morgan fingerprint density at radius 3 is 2.29 bits per heavy atom. The average molecular weight is 466 g/mol. The molecule has 0 aliphatic rings. The minimum absolute atomic E-state index is 0.373. The van der Waals surface area contributed by atoms with E-state index >= 15 is 0 Å². The summed E-state index contributed by atoms with van der Waals surface area (Å²) in [5.41, 5.74) is 4.98. The summed E-state index contributed by atoms with van der Waals surface area (Å²) in [6, 6.07) is 26.9. The van der Waals surface area contributed by atoms with Crippen LogP contribution in [0, 0.1) is 0 Å². The van der Waals surface area contributed by atoms with Gasteiger partial charge in [0.2, 0.25) is 0 Å². The van der Waals surface area contributed by atoms with Gasteiger partial charge in [-0.15, -0.1) is 0 Å². The summed E-state index contributed by atoms with van der Waals surface area (Å²) in [4.78, 5) is 36.6. The normalized spacial score (nSPS) is 10.8. The zero-order valence-electron chi connectivity index (χ0n) is 19.0. The Bertz CT molecular complexity index is 1390. The second-order valence-electron chi connectivity index (χ2n) is 7.69. The fraction of sp³-hybridized carbons (Fsp3) is 0.0714. The van der Waals surface area contributed by atoms with E-state index in [2.05, 4.69) is 15.8 Å². The van der Waals surface area contributed by atoms with E-state index in [9.17, 15) is 14.4 Å². The molecule has 0 atom stereocenters. The molecule has 0 aliphatic heterocycles. The zero-order valence-corrected chi connectivity index (χ0v) is 19.0. The minimum Gasteiger partial charge on any atom is -0.423 e. The molecule has 4 rings (SSSR count). The molecule has 0 aliphatic carbocycles. The standard InChI is InChI=1S/C28H23N3O4/c1-2-19-10-14-22(15-11-19)30-26(32)27(33)31-29-18-20-12-16-23(17-13-20)35-28(34)25-9-5-7-21-6-3-4-8-24(21)25/h3-18H,2H2,1H3,(H,30,32)(H,31,33)/b29-18-. The summed E-state index contributed by atoms with van der Waals surface area (Å²) < 4.78 is 5.50. The quantitative estimate of drug-likeness (QED) is 0.142. The number of carbonyl (C=O) groups is 3. The molecule has 0 aromatic heterocycles. The highest BCUT2D eigenvalue weighted by Gasteiger charge is 2.13. The molecular formula is C28H23N3O4. The number of rotatable bonds is 6. The third-order valence-corrected chi connectivity index (χ3v) is 5.31. The van der Waals surface area contributed by atoms with Gasteiger partial charge in [-0.05, 0) is 70.8 Å². The number of nitrogens with zero attached hydrogens (tertiary/aromatic N) is 1. The molecule has 0 saturated carbocycles. The van der Waals surface area contributed by atoms with Crippen LogP contribution in [0.15, 0.2) is 96.1 Å². The highest BCUT2D eigenvalue weighted by molar-refractivity contribution is 6.39. The topological polar surface area (TPSA) is 96.9 Å². The molecule has 0 saturated heterocycles. The van der Waals surface area contributed by atoms with Gasteiger partial charge >= 0.3 is 17.8 Å². The molecule has 0 unspecified atom stereocenters. The van der Waals surface area contributed by atoms with Crippen LogP contribution in [-0.2, 0) is 16.0 Å². The van der Waals surface area contributed by atoms with Crippen molar-refractivity contribution in [3.63, 3.8) is 0 Å². The van der Waals surface area contributed by atoms with E-state index in [1.54, 1.807) is 42.5 Å². The fourth-order valence-corrected chi connectivity index (χ4v) is 3.42. The summed E-state index contributed by atoms with van der Waals surface area (Å²) >= 11 is 0. The first kappa shape index (κ1) is 23.4. The van der Waals surface area contributed by atoms with Crippen molar-refractivity contribution in [3.8, 4) is 5.75 Å². The molecule has 0 fully saturated rings. The SMILES string of the molecule is CCc1ccc(NC(=O)C(=O)N/N=C\c2ccc(OC(=O)c3cccc4ccccc34)cc2)cc1. The second-order valence-corrected chi connectivity index (χ2v) is 7.69. The number of hydrogen-bond donors (Lipinski definition) is 2. The number of aryl methyl sites for hydroxylation is 1. The predicted octanol–water partition coefficient (Wildman–Crippen LogP) is 4.71. The molecule has 174 valence electrons. The van der Waals surface area contributed by atoms with Crippen LogP contribution in [0.1, 0.15) is 28.4 Å². The van der Waals surface area contributed by atoms with Gasteiger partial charge in [0.05, 0.1) is 11.8 Å². The summed E-state index contributed by atoms with van der Waals surface area (Å²) in [6.07, 6.45) is 2.27. The van der Waals surface area contributed by atoms with Gasteiger partial charge in [0, 0.05) is 5.69 Å². The molecule has 4 aromatic rings. The Kier molecular flexibility index (Phi) is 7.28. The molecule has 0 bridgehead atoms. The lowest BCUT2D eigenvalue weighted by atomic mass is 10.0. The number of hydrazone groups is 1. The van der Waals surface area contributed by atoms with E-state index in [4.69, 9.17) is 4.74 Å². The Morgan fingerprint density at radius 1 is 0.829 bits per heavy atom. The van der Waals surface area contributed by atoms with Crippen molar-refractivity contribution in [2.45, 2.75) is 13.3 Å². The number of anilines is 1. The van der Waals surface area contributed by atoms with Gasteiger partial charge in [0.1, 0.15) is 5.75 Å². The number of esters is 1. The molecule has 2 amide bonds. The molecular weight excluding hydrogens is 442 g/mol. The molecule has 0 heterocycles. The van der Waals surface area contributed by atoms with Crippen LogP contribution in [0.5, 0.6) is 5.75 Å². The van der Waals surface area contributed by atoms with E-state index in [1.807, 2.05) is 55.5 Å².